The molecule has 0 bridgehead atoms. The summed E-state index contributed by atoms with van der Waals surface area (Å²) in [6.45, 7) is 4.54. The van der Waals surface area contributed by atoms with Gasteiger partial charge in [-0.05, 0) is 68.3 Å². The van der Waals surface area contributed by atoms with E-state index in [9.17, 15) is 4.79 Å². The van der Waals surface area contributed by atoms with Crippen molar-refractivity contribution in [2.75, 3.05) is 17.3 Å². The zero-order chi connectivity index (χ0) is 23.8. The topological polar surface area (TPSA) is 86.9 Å². The maximum Gasteiger partial charge on any atom is 0.253 e. The highest BCUT2D eigenvalue weighted by molar-refractivity contribution is 9.10. The van der Waals surface area contributed by atoms with Gasteiger partial charge in [-0.25, -0.2) is 0 Å². The van der Waals surface area contributed by atoms with Gasteiger partial charge in [-0.1, -0.05) is 28.1 Å². The molecule has 1 amide bonds. The Bertz CT molecular complexity index is 1180. The number of hydrogen-bond acceptors (Lipinski definition) is 5. The third kappa shape index (κ3) is 4.23. The van der Waals surface area contributed by atoms with E-state index >= 15 is 0 Å². The first-order valence-corrected chi connectivity index (χ1v) is 12.3. The van der Waals surface area contributed by atoms with E-state index in [2.05, 4.69) is 27.8 Å². The van der Waals surface area contributed by atoms with Gasteiger partial charge in [-0.3, -0.25) is 9.80 Å². The van der Waals surface area contributed by atoms with Gasteiger partial charge in [0.05, 0.1) is 23.4 Å². The molecule has 4 atom stereocenters. The molecule has 0 spiro atoms. The summed E-state index contributed by atoms with van der Waals surface area (Å²) >= 11 is 3.51. The predicted molar refractivity (Wildman–Crippen MR) is 138 cm³/mol. The Kier molecular flexibility index (Phi) is 6.18. The number of nitrogen functional groups attached to an aromatic ring is 1. The molecule has 2 unspecified atom stereocenters. The van der Waals surface area contributed by atoms with Gasteiger partial charge in [0.2, 0.25) is 0 Å². The minimum atomic E-state index is -0.488. The number of aromatic nitrogens is 1. The summed E-state index contributed by atoms with van der Waals surface area (Å²) in [5.41, 5.74) is 10.6. The molecule has 2 aromatic carbocycles. The number of benzene rings is 2. The molecule has 0 saturated carbocycles. The van der Waals surface area contributed by atoms with Crippen LogP contribution in [0.25, 0.3) is 0 Å². The Morgan fingerprint density at radius 2 is 1.82 bits per heavy atom. The van der Waals surface area contributed by atoms with Crippen molar-refractivity contribution >= 4 is 38.9 Å². The molecule has 0 aliphatic carbocycles. The van der Waals surface area contributed by atoms with Gasteiger partial charge < -0.3 is 20.4 Å². The lowest BCUT2D eigenvalue weighted by Crippen LogP contribution is -2.47. The highest BCUT2D eigenvalue weighted by Gasteiger charge is 2.49. The molecular formula is C26H28BrN5O2. The molecule has 7 nitrogen and oxygen atoms in total. The molecule has 1 aromatic heterocycles. The summed E-state index contributed by atoms with van der Waals surface area (Å²) in [7, 11) is 0. The molecule has 3 heterocycles. The van der Waals surface area contributed by atoms with Crippen LogP contribution in [0.3, 0.4) is 0 Å². The lowest BCUT2D eigenvalue weighted by Gasteiger charge is -2.32. The largest absolute Gasteiger partial charge is 0.399 e. The number of H-pyrrole nitrogens is 1. The average Bonchev–Trinajstić information content (AvgIpc) is 3.54. The minimum absolute atomic E-state index is 0.00630. The molecule has 2 aliphatic heterocycles. The molecule has 176 valence electrons. The molecule has 3 N–H and O–H groups in total. The monoisotopic (exact) mass is 521 g/mol. The van der Waals surface area contributed by atoms with Crippen molar-refractivity contribution < 1.29 is 9.53 Å². The standard InChI is InChI=1S/C26H28BrN5O2/c1-16-23(24(19-11-13-29-15-19)30-32(16)22-9-5-20(27)6-10-22)26-31(25(33)17(2)34-26)14-12-18-3-7-21(28)8-4-18/h3-11,13,15-17,23,26,29H,12,14,28H2,1-2H3/t16?,17-,23?,26-/m1/s1. The van der Waals surface area contributed by atoms with Crippen LogP contribution in [0, 0.1) is 5.92 Å². The first kappa shape index (κ1) is 22.7. The van der Waals surface area contributed by atoms with Crippen molar-refractivity contribution in [2.24, 2.45) is 11.0 Å². The summed E-state index contributed by atoms with van der Waals surface area (Å²) in [6.07, 6.45) is 3.68. The van der Waals surface area contributed by atoms with Gasteiger partial charge in [0.1, 0.15) is 12.3 Å². The highest BCUT2D eigenvalue weighted by Crippen LogP contribution is 2.37. The van der Waals surface area contributed by atoms with Crippen molar-refractivity contribution in [1.29, 1.82) is 0 Å². The van der Waals surface area contributed by atoms with E-state index < -0.39 is 12.3 Å². The lowest BCUT2D eigenvalue weighted by molar-refractivity contribution is -0.130. The van der Waals surface area contributed by atoms with Crippen LogP contribution in [0.4, 0.5) is 11.4 Å². The zero-order valence-corrected chi connectivity index (χ0v) is 20.8. The fraction of sp³-hybridized carbons (Fsp3) is 0.308. The van der Waals surface area contributed by atoms with Gasteiger partial charge in [0.25, 0.3) is 5.91 Å². The third-order valence-corrected chi connectivity index (χ3v) is 7.16. The first-order chi connectivity index (χ1) is 16.4. The summed E-state index contributed by atoms with van der Waals surface area (Å²) in [4.78, 5) is 18.2. The Labute approximate surface area is 207 Å². The zero-order valence-electron chi connectivity index (χ0n) is 19.2. The van der Waals surface area contributed by atoms with Crippen LogP contribution < -0.4 is 10.7 Å². The second-order valence-corrected chi connectivity index (χ2v) is 9.78. The summed E-state index contributed by atoms with van der Waals surface area (Å²) in [6, 6.07) is 17.9. The number of carbonyl (C=O) groups is 1. The van der Waals surface area contributed by atoms with Gasteiger partial charge in [0, 0.05) is 34.7 Å². The fourth-order valence-electron chi connectivity index (χ4n) is 4.80. The molecule has 1 fully saturated rings. The summed E-state index contributed by atoms with van der Waals surface area (Å²) < 4.78 is 7.33. The van der Waals surface area contributed by atoms with Crippen molar-refractivity contribution in [3.05, 3.63) is 82.6 Å². The maximum atomic E-state index is 13.2. The van der Waals surface area contributed by atoms with E-state index in [1.54, 1.807) is 0 Å². The summed E-state index contributed by atoms with van der Waals surface area (Å²) in [5, 5.41) is 7.07. The van der Waals surface area contributed by atoms with E-state index in [4.69, 9.17) is 15.6 Å². The molecule has 34 heavy (non-hydrogen) atoms. The first-order valence-electron chi connectivity index (χ1n) is 11.5. The van der Waals surface area contributed by atoms with Crippen molar-refractivity contribution in [1.82, 2.24) is 9.88 Å². The number of hydrazone groups is 1. The molecule has 1 saturated heterocycles. The van der Waals surface area contributed by atoms with Crippen LogP contribution in [0.5, 0.6) is 0 Å². The van der Waals surface area contributed by atoms with Crippen LogP contribution in [0.15, 0.2) is 76.6 Å². The van der Waals surface area contributed by atoms with Crippen molar-refractivity contribution in [3.8, 4) is 0 Å². The number of nitrogens with zero attached hydrogens (tertiary/aromatic N) is 3. The third-order valence-electron chi connectivity index (χ3n) is 6.63. The van der Waals surface area contributed by atoms with Crippen molar-refractivity contribution in [3.63, 3.8) is 0 Å². The highest BCUT2D eigenvalue weighted by atomic mass is 79.9. The quantitative estimate of drug-likeness (QED) is 0.470. The van der Waals surface area contributed by atoms with Crippen LogP contribution in [-0.2, 0) is 16.0 Å². The van der Waals surface area contributed by atoms with Crippen molar-refractivity contribution in [2.45, 2.75) is 38.6 Å². The number of hydrogen-bond donors (Lipinski definition) is 2. The number of rotatable bonds is 6. The normalized spacial score (nSPS) is 24.7. The number of nitrogens with one attached hydrogen (secondary N) is 1. The molecule has 5 rings (SSSR count). The van der Waals surface area contributed by atoms with E-state index in [0.717, 1.165) is 39.1 Å². The smallest absolute Gasteiger partial charge is 0.253 e. The summed E-state index contributed by atoms with van der Waals surface area (Å²) in [5.74, 6) is -0.0945. The van der Waals surface area contributed by atoms with Crippen LogP contribution in [-0.4, -0.2) is 46.4 Å². The van der Waals surface area contributed by atoms with Gasteiger partial charge >= 0.3 is 0 Å². The number of halogens is 1. The molecule has 8 heteroatoms. The number of aromatic amines is 1. The molecule has 2 aliphatic rings. The molecule has 3 aromatic rings. The van der Waals surface area contributed by atoms with Crippen LogP contribution in [0.2, 0.25) is 0 Å². The van der Waals surface area contributed by atoms with E-state index in [-0.39, 0.29) is 17.9 Å². The molecular weight excluding hydrogens is 494 g/mol. The maximum absolute atomic E-state index is 13.2. The number of nitrogens with two attached hydrogens (primary N) is 1. The Morgan fingerprint density at radius 1 is 1.09 bits per heavy atom. The van der Waals surface area contributed by atoms with Crippen LogP contribution in [0.1, 0.15) is 25.0 Å². The number of carbonyl (C=O) groups excluding carboxylic acids is 1. The van der Waals surface area contributed by atoms with Gasteiger partial charge in [-0.15, -0.1) is 0 Å². The van der Waals surface area contributed by atoms with Gasteiger partial charge in [-0.2, -0.15) is 5.10 Å². The van der Waals surface area contributed by atoms with Gasteiger partial charge in [0.15, 0.2) is 0 Å². The lowest BCUT2D eigenvalue weighted by atomic mass is 9.90. The number of ether oxygens (including phenoxy) is 1. The minimum Gasteiger partial charge on any atom is -0.399 e. The Balaban J connectivity index is 1.46. The van der Waals surface area contributed by atoms with E-state index in [1.807, 2.05) is 83.8 Å². The SMILES string of the molecule is CC1C([C@H]2O[C@H](C)C(=O)N2CCc2ccc(N)cc2)C(c2cc[nH]c2)=NN1c1ccc(Br)cc1. The van der Waals surface area contributed by atoms with Crippen LogP contribution >= 0.6 is 15.9 Å². The fourth-order valence-corrected chi connectivity index (χ4v) is 5.06. The van der Waals surface area contributed by atoms with E-state index in [1.165, 1.54) is 0 Å². The Hall–Kier alpha value is -3.10. The Morgan fingerprint density at radius 3 is 2.50 bits per heavy atom. The number of anilines is 2. The predicted octanol–water partition coefficient (Wildman–Crippen LogP) is 4.40. The molecule has 0 radical (unpaired) electrons. The van der Waals surface area contributed by atoms with E-state index in [0.29, 0.717) is 6.54 Å². The second kappa shape index (κ2) is 9.27. The average molecular weight is 522 g/mol. The number of amides is 1. The second-order valence-electron chi connectivity index (χ2n) is 8.86.